The van der Waals surface area contributed by atoms with E-state index in [2.05, 4.69) is 44.3 Å². The first-order valence-corrected chi connectivity index (χ1v) is 8.49. The number of hydrogen-bond acceptors (Lipinski definition) is 5. The highest BCUT2D eigenvalue weighted by Gasteiger charge is 2.25. The molecule has 0 spiro atoms. The van der Waals surface area contributed by atoms with E-state index in [1.165, 1.54) is 16.5 Å². The molecule has 24 heavy (non-hydrogen) atoms. The number of H-pyrrole nitrogens is 1. The molecule has 2 aromatic heterocycles. The van der Waals surface area contributed by atoms with E-state index < -0.39 is 0 Å². The van der Waals surface area contributed by atoms with Gasteiger partial charge in [-0.15, -0.1) is 0 Å². The normalized spacial score (nSPS) is 16.8. The largest absolute Gasteiger partial charge is 0.361 e. The van der Waals surface area contributed by atoms with E-state index in [9.17, 15) is 0 Å². The van der Waals surface area contributed by atoms with Crippen LogP contribution in [0.1, 0.15) is 30.2 Å². The number of fused-ring (bicyclic) bond motifs is 1. The zero-order valence-corrected chi connectivity index (χ0v) is 14.2. The van der Waals surface area contributed by atoms with Crippen molar-refractivity contribution in [2.75, 3.05) is 32.1 Å². The summed E-state index contributed by atoms with van der Waals surface area (Å²) >= 11 is 0. The van der Waals surface area contributed by atoms with Gasteiger partial charge in [-0.3, -0.25) is 4.90 Å². The van der Waals surface area contributed by atoms with Crippen LogP contribution in [-0.2, 0) is 6.54 Å². The van der Waals surface area contributed by atoms with Crippen LogP contribution >= 0.6 is 0 Å². The Hall–Kier alpha value is -2.34. The van der Waals surface area contributed by atoms with Crippen LogP contribution in [0.3, 0.4) is 0 Å². The molecule has 0 aliphatic carbocycles. The Balaban J connectivity index is 1.40. The van der Waals surface area contributed by atoms with Crippen LogP contribution < -0.4 is 4.90 Å². The summed E-state index contributed by atoms with van der Waals surface area (Å²) in [6, 6.07) is 8.65. The number of rotatable bonds is 4. The van der Waals surface area contributed by atoms with Gasteiger partial charge in [0.15, 0.2) is 0 Å². The summed E-state index contributed by atoms with van der Waals surface area (Å²) in [6.45, 7) is 3.12. The Morgan fingerprint density at radius 3 is 2.83 bits per heavy atom. The van der Waals surface area contributed by atoms with Crippen molar-refractivity contribution in [1.29, 1.82) is 0 Å². The van der Waals surface area contributed by atoms with Crippen LogP contribution in [0.5, 0.6) is 0 Å². The molecule has 1 aliphatic heterocycles. The zero-order chi connectivity index (χ0) is 16.5. The molecule has 6 nitrogen and oxygen atoms in total. The third-order valence-electron chi connectivity index (χ3n) is 4.85. The van der Waals surface area contributed by atoms with Gasteiger partial charge in [0.1, 0.15) is 0 Å². The molecule has 3 heterocycles. The summed E-state index contributed by atoms with van der Waals surface area (Å²) in [5.74, 6) is 1.82. The van der Waals surface area contributed by atoms with Gasteiger partial charge in [0.05, 0.1) is 0 Å². The molecule has 0 atom stereocenters. The molecule has 1 fully saturated rings. The van der Waals surface area contributed by atoms with E-state index in [0.29, 0.717) is 11.9 Å². The minimum Gasteiger partial charge on any atom is -0.361 e. The number of nitrogens with zero attached hydrogens (tertiary/aromatic N) is 4. The predicted molar refractivity (Wildman–Crippen MR) is 94.2 cm³/mol. The Labute approximate surface area is 141 Å². The smallest absolute Gasteiger partial charge is 0.265 e. The van der Waals surface area contributed by atoms with Crippen molar-refractivity contribution >= 4 is 16.9 Å². The van der Waals surface area contributed by atoms with Crippen LogP contribution in [0.4, 0.5) is 5.95 Å². The van der Waals surface area contributed by atoms with Crippen molar-refractivity contribution in [3.05, 3.63) is 41.9 Å². The van der Waals surface area contributed by atoms with Crippen LogP contribution in [0, 0.1) is 0 Å². The monoisotopic (exact) mass is 325 g/mol. The summed E-state index contributed by atoms with van der Waals surface area (Å²) in [6.07, 6.45) is 4.15. The predicted octanol–water partition coefficient (Wildman–Crippen LogP) is 3.00. The molecule has 1 aromatic carbocycles. The molecule has 4 rings (SSSR count). The number of likely N-dealkylation sites (tertiary alicyclic amines) is 1. The second-order valence-corrected chi connectivity index (χ2v) is 6.73. The molecule has 0 amide bonds. The summed E-state index contributed by atoms with van der Waals surface area (Å²) < 4.78 is 5.44. The third-order valence-corrected chi connectivity index (χ3v) is 4.85. The van der Waals surface area contributed by atoms with Gasteiger partial charge in [-0.25, -0.2) is 0 Å². The third kappa shape index (κ3) is 2.89. The highest BCUT2D eigenvalue weighted by atomic mass is 16.5. The number of anilines is 1. The molecule has 6 heteroatoms. The van der Waals surface area contributed by atoms with E-state index in [-0.39, 0.29) is 0 Å². The molecule has 1 aliphatic rings. The van der Waals surface area contributed by atoms with Gasteiger partial charge in [0, 0.05) is 43.7 Å². The number of aromatic amines is 1. The highest BCUT2D eigenvalue weighted by molar-refractivity contribution is 5.82. The van der Waals surface area contributed by atoms with Crippen molar-refractivity contribution in [3.63, 3.8) is 0 Å². The second-order valence-electron chi connectivity index (χ2n) is 6.73. The van der Waals surface area contributed by atoms with E-state index in [4.69, 9.17) is 4.52 Å². The van der Waals surface area contributed by atoms with E-state index in [1.807, 2.05) is 25.2 Å². The van der Waals surface area contributed by atoms with E-state index in [0.717, 1.165) is 38.4 Å². The van der Waals surface area contributed by atoms with Crippen LogP contribution in [0.2, 0.25) is 0 Å². The summed E-state index contributed by atoms with van der Waals surface area (Å²) in [5, 5.41) is 5.35. The Morgan fingerprint density at radius 2 is 2.08 bits per heavy atom. The maximum Gasteiger partial charge on any atom is 0.265 e. The van der Waals surface area contributed by atoms with Crippen molar-refractivity contribution in [2.45, 2.75) is 25.3 Å². The Bertz CT molecular complexity index is 814. The fraction of sp³-hybridized carbons (Fsp3) is 0.444. The van der Waals surface area contributed by atoms with Crippen molar-refractivity contribution in [1.82, 2.24) is 20.0 Å². The fourth-order valence-corrected chi connectivity index (χ4v) is 3.44. The maximum atomic E-state index is 5.44. The summed E-state index contributed by atoms with van der Waals surface area (Å²) in [4.78, 5) is 12.2. The van der Waals surface area contributed by atoms with Crippen LogP contribution in [0.15, 0.2) is 35.0 Å². The van der Waals surface area contributed by atoms with Gasteiger partial charge in [-0.1, -0.05) is 12.1 Å². The fourth-order valence-electron chi connectivity index (χ4n) is 3.44. The minimum absolute atomic E-state index is 0.380. The van der Waals surface area contributed by atoms with Crippen LogP contribution in [-0.4, -0.2) is 47.2 Å². The lowest BCUT2D eigenvalue weighted by Crippen LogP contribution is -2.32. The van der Waals surface area contributed by atoms with Gasteiger partial charge >= 0.3 is 0 Å². The topological polar surface area (TPSA) is 61.2 Å². The average molecular weight is 325 g/mol. The molecule has 3 aromatic rings. The van der Waals surface area contributed by atoms with Gasteiger partial charge < -0.3 is 14.4 Å². The lowest BCUT2D eigenvalue weighted by molar-refractivity contribution is 0.188. The van der Waals surface area contributed by atoms with Crippen molar-refractivity contribution in [2.24, 2.45) is 0 Å². The highest BCUT2D eigenvalue weighted by Crippen LogP contribution is 2.29. The number of hydrogen-bond donors (Lipinski definition) is 1. The SMILES string of the molecule is CN(C)c1noc(C2CCN(Cc3cccc4[nH]ccc34)CC2)n1. The molecule has 0 unspecified atom stereocenters. The first-order chi connectivity index (χ1) is 11.7. The Morgan fingerprint density at radius 1 is 1.25 bits per heavy atom. The van der Waals surface area contributed by atoms with Gasteiger partial charge in [-0.05, 0) is 48.8 Å². The Kier molecular flexibility index (Phi) is 3.98. The van der Waals surface area contributed by atoms with Gasteiger partial charge in [-0.2, -0.15) is 4.98 Å². The quantitative estimate of drug-likeness (QED) is 0.799. The first-order valence-electron chi connectivity index (χ1n) is 8.49. The molecule has 0 saturated carbocycles. The molecule has 0 bridgehead atoms. The number of nitrogens with one attached hydrogen (secondary N) is 1. The molecule has 0 radical (unpaired) electrons. The lowest BCUT2D eigenvalue weighted by Gasteiger charge is -2.30. The zero-order valence-electron chi connectivity index (χ0n) is 14.2. The minimum atomic E-state index is 0.380. The molecular weight excluding hydrogens is 302 g/mol. The second kappa shape index (κ2) is 6.28. The van der Waals surface area contributed by atoms with E-state index in [1.54, 1.807) is 0 Å². The summed E-state index contributed by atoms with van der Waals surface area (Å²) in [5.41, 5.74) is 2.60. The number of piperidine rings is 1. The van der Waals surface area contributed by atoms with Gasteiger partial charge in [0.2, 0.25) is 5.89 Å². The lowest BCUT2D eigenvalue weighted by atomic mass is 9.96. The number of aromatic nitrogens is 3. The molecule has 1 N–H and O–H groups in total. The van der Waals surface area contributed by atoms with Crippen molar-refractivity contribution < 1.29 is 4.52 Å². The van der Waals surface area contributed by atoms with Crippen molar-refractivity contribution in [3.8, 4) is 0 Å². The van der Waals surface area contributed by atoms with E-state index >= 15 is 0 Å². The first kappa shape index (κ1) is 15.2. The van der Waals surface area contributed by atoms with Gasteiger partial charge in [0.25, 0.3) is 5.95 Å². The standard InChI is InChI=1S/C18H23N5O/c1-22(2)18-20-17(24-21-18)13-7-10-23(11-8-13)12-14-4-3-5-16-15(14)6-9-19-16/h3-6,9,13,19H,7-8,10-12H2,1-2H3. The molecule has 126 valence electrons. The molecule has 1 saturated heterocycles. The van der Waals surface area contributed by atoms with Crippen LogP contribution in [0.25, 0.3) is 10.9 Å². The summed E-state index contributed by atoms with van der Waals surface area (Å²) in [7, 11) is 3.86. The average Bonchev–Trinajstić information content (AvgIpc) is 3.25. The maximum absolute atomic E-state index is 5.44. The number of benzene rings is 1. The molecular formula is C18H23N5O.